The van der Waals surface area contributed by atoms with Crippen LogP contribution in [-0.2, 0) is 18.4 Å². The number of para-hydroxylation sites is 1. The van der Waals surface area contributed by atoms with Gasteiger partial charge in [-0.15, -0.1) is 10.2 Å². The number of carbonyl (C=O) groups excluding carboxylic acids is 1. The van der Waals surface area contributed by atoms with Crippen molar-refractivity contribution in [3.05, 3.63) is 64.0 Å². The van der Waals surface area contributed by atoms with Crippen LogP contribution in [0.15, 0.2) is 35.5 Å². The Labute approximate surface area is 182 Å². The number of rotatable bonds is 7. The number of nitrogens with one attached hydrogen (secondary N) is 2. The van der Waals surface area contributed by atoms with Gasteiger partial charge in [0.05, 0.1) is 12.3 Å². The van der Waals surface area contributed by atoms with Crippen molar-refractivity contribution in [1.29, 1.82) is 0 Å². The summed E-state index contributed by atoms with van der Waals surface area (Å²) in [7, 11) is 1.93. The van der Waals surface area contributed by atoms with E-state index in [1.165, 1.54) is 28.5 Å². The molecule has 30 heavy (non-hydrogen) atoms. The van der Waals surface area contributed by atoms with E-state index in [0.29, 0.717) is 6.54 Å². The van der Waals surface area contributed by atoms with Crippen molar-refractivity contribution >= 4 is 29.0 Å². The fourth-order valence-corrected chi connectivity index (χ4v) is 4.30. The van der Waals surface area contributed by atoms with Gasteiger partial charge in [0.1, 0.15) is 0 Å². The van der Waals surface area contributed by atoms with Gasteiger partial charge in [-0.3, -0.25) is 4.79 Å². The van der Waals surface area contributed by atoms with Crippen molar-refractivity contribution in [1.82, 2.24) is 14.8 Å². The smallest absolute Gasteiger partial charge is 0.234 e. The number of benzene rings is 2. The van der Waals surface area contributed by atoms with Crippen molar-refractivity contribution in [2.24, 2.45) is 7.05 Å². The maximum Gasteiger partial charge on any atom is 0.234 e. The molecule has 0 atom stereocenters. The van der Waals surface area contributed by atoms with Crippen LogP contribution < -0.4 is 10.6 Å². The lowest BCUT2D eigenvalue weighted by atomic mass is 10.1. The molecule has 2 aromatic carbocycles. The molecule has 1 amide bonds. The Bertz CT molecular complexity index is 1030. The summed E-state index contributed by atoms with van der Waals surface area (Å²) in [5, 5.41) is 15.8. The fourth-order valence-electron chi connectivity index (χ4n) is 3.57. The molecule has 2 N–H and O–H groups in total. The minimum absolute atomic E-state index is 0.0479. The van der Waals surface area contributed by atoms with Gasteiger partial charge >= 0.3 is 0 Å². The zero-order chi connectivity index (χ0) is 21.8. The lowest BCUT2D eigenvalue weighted by Crippen LogP contribution is -2.16. The number of thioether (sulfide) groups is 1. The lowest BCUT2D eigenvalue weighted by Gasteiger charge is -2.13. The summed E-state index contributed by atoms with van der Waals surface area (Å²) in [4.78, 5) is 12.5. The topological polar surface area (TPSA) is 71.8 Å². The summed E-state index contributed by atoms with van der Waals surface area (Å²) in [6.45, 7) is 10.8. The number of aryl methyl sites for hydroxylation is 5. The summed E-state index contributed by atoms with van der Waals surface area (Å²) in [6, 6.07) is 10.4. The van der Waals surface area contributed by atoms with Crippen LogP contribution in [-0.4, -0.2) is 26.4 Å². The molecule has 6 nitrogen and oxygen atoms in total. The van der Waals surface area contributed by atoms with Crippen molar-refractivity contribution in [2.45, 2.75) is 46.3 Å². The van der Waals surface area contributed by atoms with Crippen molar-refractivity contribution in [2.75, 3.05) is 16.4 Å². The molecule has 158 valence electrons. The van der Waals surface area contributed by atoms with Gasteiger partial charge in [-0.2, -0.15) is 0 Å². The normalized spacial score (nSPS) is 10.9. The van der Waals surface area contributed by atoms with Crippen LogP contribution in [0, 0.1) is 34.6 Å². The highest BCUT2D eigenvalue weighted by molar-refractivity contribution is 7.99. The molecule has 0 aliphatic rings. The van der Waals surface area contributed by atoms with E-state index in [4.69, 9.17) is 0 Å². The molecule has 0 unspecified atom stereocenters. The fraction of sp³-hybridized carbons (Fsp3) is 0.348. The SMILES string of the molecule is Cc1cc(C)c(NC(=O)CSc2nnc(CNc3c(C)cccc3C)n2C)c(C)c1. The Morgan fingerprint density at radius 3 is 2.23 bits per heavy atom. The van der Waals surface area contributed by atoms with E-state index in [0.717, 1.165) is 33.5 Å². The van der Waals surface area contributed by atoms with Crippen LogP contribution in [0.25, 0.3) is 0 Å². The first-order valence-electron chi connectivity index (χ1n) is 9.95. The summed E-state index contributed by atoms with van der Waals surface area (Å²) < 4.78 is 1.93. The van der Waals surface area contributed by atoms with Crippen LogP contribution in [0.1, 0.15) is 33.6 Å². The number of carbonyl (C=O) groups is 1. The van der Waals surface area contributed by atoms with E-state index in [-0.39, 0.29) is 11.7 Å². The summed E-state index contributed by atoms with van der Waals surface area (Å²) >= 11 is 1.39. The molecule has 0 aliphatic heterocycles. The highest BCUT2D eigenvalue weighted by Crippen LogP contribution is 2.24. The number of anilines is 2. The van der Waals surface area contributed by atoms with Gasteiger partial charge in [0.15, 0.2) is 11.0 Å². The summed E-state index contributed by atoms with van der Waals surface area (Å²) in [5.41, 5.74) is 7.75. The average Bonchev–Trinajstić information content (AvgIpc) is 3.02. The van der Waals surface area contributed by atoms with Gasteiger partial charge in [0, 0.05) is 18.4 Å². The molecular weight excluding hydrogens is 394 g/mol. The maximum atomic E-state index is 12.5. The van der Waals surface area contributed by atoms with E-state index in [2.05, 4.69) is 71.9 Å². The predicted octanol–water partition coefficient (Wildman–Crippen LogP) is 4.70. The number of nitrogens with zero attached hydrogens (tertiary/aromatic N) is 3. The molecule has 1 aromatic heterocycles. The van der Waals surface area contributed by atoms with Crippen LogP contribution in [0.3, 0.4) is 0 Å². The van der Waals surface area contributed by atoms with Gasteiger partial charge in [-0.1, -0.05) is 47.7 Å². The van der Waals surface area contributed by atoms with E-state index in [1.807, 2.05) is 25.5 Å². The van der Waals surface area contributed by atoms with Crippen molar-refractivity contribution in [3.8, 4) is 0 Å². The molecule has 7 heteroatoms. The number of amides is 1. The van der Waals surface area contributed by atoms with Crippen LogP contribution >= 0.6 is 11.8 Å². The van der Waals surface area contributed by atoms with Crippen LogP contribution in [0.2, 0.25) is 0 Å². The van der Waals surface area contributed by atoms with Crippen LogP contribution in [0.5, 0.6) is 0 Å². The highest BCUT2D eigenvalue weighted by Gasteiger charge is 2.14. The quantitative estimate of drug-likeness (QED) is 0.539. The first kappa shape index (κ1) is 21.9. The lowest BCUT2D eigenvalue weighted by molar-refractivity contribution is -0.113. The predicted molar refractivity (Wildman–Crippen MR) is 124 cm³/mol. The van der Waals surface area contributed by atoms with Gasteiger partial charge in [0.2, 0.25) is 5.91 Å². The molecule has 1 heterocycles. The first-order valence-corrected chi connectivity index (χ1v) is 10.9. The molecular formula is C23H29N5OS. The minimum Gasteiger partial charge on any atom is -0.377 e. The average molecular weight is 424 g/mol. The van der Waals surface area contributed by atoms with E-state index in [1.54, 1.807) is 0 Å². The molecule has 0 radical (unpaired) electrons. The van der Waals surface area contributed by atoms with Crippen LogP contribution in [0.4, 0.5) is 11.4 Å². The zero-order valence-corrected chi connectivity index (χ0v) is 19.3. The van der Waals surface area contributed by atoms with Gasteiger partial charge in [-0.25, -0.2) is 0 Å². The van der Waals surface area contributed by atoms with Gasteiger partial charge in [0.25, 0.3) is 0 Å². The Morgan fingerprint density at radius 1 is 0.967 bits per heavy atom. The third-order valence-electron chi connectivity index (χ3n) is 5.10. The second-order valence-electron chi connectivity index (χ2n) is 7.69. The Kier molecular flexibility index (Phi) is 6.82. The molecule has 0 bridgehead atoms. The molecule has 3 rings (SSSR count). The molecule has 0 fully saturated rings. The third kappa shape index (κ3) is 5.02. The van der Waals surface area contributed by atoms with E-state index >= 15 is 0 Å². The standard InChI is InChI=1S/C23H29N5OS/c1-14-10-17(4)22(18(5)11-14)25-20(29)13-30-23-27-26-19(28(23)6)12-24-21-15(2)8-7-9-16(21)3/h7-11,24H,12-13H2,1-6H3,(H,25,29). The van der Waals surface area contributed by atoms with Gasteiger partial charge in [-0.05, 0) is 56.9 Å². The van der Waals surface area contributed by atoms with E-state index < -0.39 is 0 Å². The molecule has 3 aromatic rings. The third-order valence-corrected chi connectivity index (χ3v) is 6.12. The van der Waals surface area contributed by atoms with Crippen molar-refractivity contribution < 1.29 is 4.79 Å². The monoisotopic (exact) mass is 423 g/mol. The zero-order valence-electron chi connectivity index (χ0n) is 18.5. The summed E-state index contributed by atoms with van der Waals surface area (Å²) in [5.74, 6) is 1.06. The largest absolute Gasteiger partial charge is 0.377 e. The second kappa shape index (κ2) is 9.34. The molecule has 0 spiro atoms. The highest BCUT2D eigenvalue weighted by atomic mass is 32.2. The van der Waals surface area contributed by atoms with Crippen molar-refractivity contribution in [3.63, 3.8) is 0 Å². The number of aromatic nitrogens is 3. The number of hydrogen-bond donors (Lipinski definition) is 2. The number of hydrogen-bond acceptors (Lipinski definition) is 5. The molecule has 0 aliphatic carbocycles. The molecule has 0 saturated carbocycles. The Hall–Kier alpha value is -2.80. The van der Waals surface area contributed by atoms with Gasteiger partial charge < -0.3 is 15.2 Å². The Morgan fingerprint density at radius 2 is 1.60 bits per heavy atom. The Balaban J connectivity index is 1.59. The molecule has 0 saturated heterocycles. The minimum atomic E-state index is -0.0479. The summed E-state index contributed by atoms with van der Waals surface area (Å²) in [6.07, 6.45) is 0. The second-order valence-corrected chi connectivity index (χ2v) is 8.63. The van der Waals surface area contributed by atoms with E-state index in [9.17, 15) is 4.79 Å². The maximum absolute atomic E-state index is 12.5. The first-order chi connectivity index (χ1) is 14.3.